The molecule has 0 fully saturated rings. The van der Waals surface area contributed by atoms with E-state index in [2.05, 4.69) is 9.97 Å². The van der Waals surface area contributed by atoms with E-state index in [1.54, 1.807) is 24.4 Å². The zero-order chi connectivity index (χ0) is 14.3. The summed E-state index contributed by atoms with van der Waals surface area (Å²) in [7, 11) is 0. The fourth-order valence-corrected chi connectivity index (χ4v) is 2.20. The predicted octanol–water partition coefficient (Wildman–Crippen LogP) is 2.68. The molecule has 2 heterocycles. The molecule has 20 heavy (non-hydrogen) atoms. The van der Waals surface area contributed by atoms with Gasteiger partial charge in [-0.3, -0.25) is 9.78 Å². The van der Waals surface area contributed by atoms with E-state index in [1.807, 2.05) is 6.07 Å². The molecule has 0 saturated heterocycles. The van der Waals surface area contributed by atoms with Gasteiger partial charge in [0.1, 0.15) is 5.69 Å². The Hall–Kier alpha value is -2.82. The molecule has 0 spiro atoms. The number of benzene rings is 1. The number of aromatic carboxylic acids is 1. The maximum Gasteiger partial charge on any atom is 0.336 e. The van der Waals surface area contributed by atoms with Gasteiger partial charge in [0, 0.05) is 23.9 Å². The molecule has 0 saturated carbocycles. The second-order valence-electron chi connectivity index (χ2n) is 4.45. The van der Waals surface area contributed by atoms with Crippen molar-refractivity contribution < 1.29 is 14.7 Å². The van der Waals surface area contributed by atoms with Gasteiger partial charge >= 0.3 is 5.97 Å². The Morgan fingerprint density at radius 2 is 1.95 bits per heavy atom. The number of carbonyl (C=O) groups excluding carboxylic acids is 1. The van der Waals surface area contributed by atoms with Crippen molar-refractivity contribution in [2.75, 3.05) is 0 Å². The zero-order valence-corrected chi connectivity index (χ0v) is 10.6. The first-order valence-corrected chi connectivity index (χ1v) is 6.00. The van der Waals surface area contributed by atoms with E-state index in [9.17, 15) is 14.7 Å². The van der Waals surface area contributed by atoms with E-state index < -0.39 is 5.97 Å². The molecule has 0 aliphatic heterocycles. The molecule has 0 atom stereocenters. The normalized spacial score (nSPS) is 10.8. The highest BCUT2D eigenvalue weighted by Crippen LogP contribution is 2.26. The lowest BCUT2D eigenvalue weighted by Gasteiger charge is -2.07. The first kappa shape index (κ1) is 12.2. The van der Waals surface area contributed by atoms with Crippen molar-refractivity contribution in [1.82, 2.24) is 9.97 Å². The van der Waals surface area contributed by atoms with Crippen LogP contribution in [0.3, 0.4) is 0 Å². The number of carbonyl (C=O) groups is 2. The highest BCUT2D eigenvalue weighted by molar-refractivity contribution is 6.13. The second-order valence-corrected chi connectivity index (χ2v) is 4.45. The van der Waals surface area contributed by atoms with Crippen molar-refractivity contribution in [3.63, 3.8) is 0 Å². The molecule has 0 bridgehead atoms. The molecule has 1 N–H and O–H groups in total. The lowest BCUT2D eigenvalue weighted by Crippen LogP contribution is -2.05. The van der Waals surface area contributed by atoms with Gasteiger partial charge < -0.3 is 5.11 Å². The molecule has 3 rings (SSSR count). The number of aromatic nitrogens is 2. The van der Waals surface area contributed by atoms with E-state index in [-0.39, 0.29) is 17.0 Å². The molecule has 2 aromatic heterocycles. The van der Waals surface area contributed by atoms with Crippen molar-refractivity contribution in [3.05, 3.63) is 47.8 Å². The lowest BCUT2D eigenvalue weighted by atomic mass is 10.0. The highest BCUT2D eigenvalue weighted by atomic mass is 16.4. The molecule has 5 heteroatoms. The third-order valence-corrected chi connectivity index (χ3v) is 3.15. The fraction of sp³-hybridized carbons (Fsp3) is 0.0667. The van der Waals surface area contributed by atoms with Crippen LogP contribution < -0.4 is 0 Å². The van der Waals surface area contributed by atoms with Gasteiger partial charge in [0.05, 0.1) is 16.6 Å². The van der Waals surface area contributed by atoms with Gasteiger partial charge in [0.2, 0.25) is 0 Å². The molecular weight excluding hydrogens is 256 g/mol. The van der Waals surface area contributed by atoms with Crippen molar-refractivity contribution in [2.45, 2.75) is 6.92 Å². The Bertz CT molecular complexity index is 872. The summed E-state index contributed by atoms with van der Waals surface area (Å²) in [4.78, 5) is 31.4. The van der Waals surface area contributed by atoms with E-state index in [4.69, 9.17) is 0 Å². The Kier molecular flexibility index (Phi) is 2.68. The quantitative estimate of drug-likeness (QED) is 0.569. The maximum absolute atomic E-state index is 11.5. The van der Waals surface area contributed by atoms with Gasteiger partial charge in [0.25, 0.3) is 0 Å². The molecular formula is C15H10N2O3. The number of carboxylic acid groups (broad SMARTS) is 1. The van der Waals surface area contributed by atoms with Crippen molar-refractivity contribution in [1.29, 1.82) is 0 Å². The van der Waals surface area contributed by atoms with E-state index in [0.29, 0.717) is 16.4 Å². The number of ketones is 1. The average molecular weight is 266 g/mol. The molecule has 5 nitrogen and oxygen atoms in total. The number of pyridine rings is 2. The zero-order valence-electron chi connectivity index (χ0n) is 10.6. The van der Waals surface area contributed by atoms with Crippen LogP contribution in [0.15, 0.2) is 36.5 Å². The van der Waals surface area contributed by atoms with Crippen LogP contribution in [0.2, 0.25) is 0 Å². The largest absolute Gasteiger partial charge is 0.478 e. The van der Waals surface area contributed by atoms with Crippen LogP contribution in [0.5, 0.6) is 0 Å². The molecule has 0 radical (unpaired) electrons. The number of nitrogens with zero attached hydrogens (tertiary/aromatic N) is 2. The summed E-state index contributed by atoms with van der Waals surface area (Å²) in [6.45, 7) is 1.36. The van der Waals surface area contributed by atoms with Gasteiger partial charge in [-0.25, -0.2) is 9.78 Å². The summed E-state index contributed by atoms with van der Waals surface area (Å²) in [5.74, 6) is -1.35. The van der Waals surface area contributed by atoms with Crippen LogP contribution in [0, 0.1) is 0 Å². The maximum atomic E-state index is 11.5. The number of hydrogen-bond acceptors (Lipinski definition) is 4. The summed E-state index contributed by atoms with van der Waals surface area (Å²) in [6.07, 6.45) is 1.65. The third kappa shape index (κ3) is 1.80. The highest BCUT2D eigenvalue weighted by Gasteiger charge is 2.15. The summed E-state index contributed by atoms with van der Waals surface area (Å²) in [5.41, 5.74) is 1.42. The van der Waals surface area contributed by atoms with E-state index in [0.717, 1.165) is 5.39 Å². The Morgan fingerprint density at radius 3 is 2.65 bits per heavy atom. The van der Waals surface area contributed by atoms with Crippen LogP contribution in [-0.2, 0) is 0 Å². The molecule has 0 aliphatic rings. The number of rotatable bonds is 2. The van der Waals surface area contributed by atoms with Crippen molar-refractivity contribution in [3.8, 4) is 0 Å². The smallest absolute Gasteiger partial charge is 0.336 e. The minimum atomic E-state index is -1.08. The first-order chi connectivity index (χ1) is 9.58. The van der Waals surface area contributed by atoms with Crippen molar-refractivity contribution >= 4 is 33.6 Å². The molecule has 1 aromatic carbocycles. The Balaban J connectivity index is 2.53. The molecule has 3 aromatic rings. The number of hydrogen-bond donors (Lipinski definition) is 1. The topological polar surface area (TPSA) is 80.2 Å². The number of fused-ring (bicyclic) bond motifs is 3. The van der Waals surface area contributed by atoms with Gasteiger partial charge in [-0.05, 0) is 30.3 Å². The number of Topliss-reactive ketones (excluding diaryl/α,β-unsaturated/α-hetero) is 1. The van der Waals surface area contributed by atoms with E-state index >= 15 is 0 Å². The van der Waals surface area contributed by atoms with Gasteiger partial charge in [-0.2, -0.15) is 0 Å². The molecule has 98 valence electrons. The summed E-state index contributed by atoms with van der Waals surface area (Å²) < 4.78 is 0. The van der Waals surface area contributed by atoms with Gasteiger partial charge in [-0.15, -0.1) is 0 Å². The lowest BCUT2D eigenvalue weighted by molar-refractivity contribution is 0.0699. The SMILES string of the molecule is CC(=O)c1cc(C(=O)O)c2ccc3ncccc3c2n1. The Labute approximate surface area is 113 Å². The second kappa shape index (κ2) is 4.38. The summed E-state index contributed by atoms with van der Waals surface area (Å²) in [6, 6.07) is 8.30. The Morgan fingerprint density at radius 1 is 1.15 bits per heavy atom. The minimum Gasteiger partial charge on any atom is -0.478 e. The van der Waals surface area contributed by atoms with Crippen LogP contribution in [0.25, 0.3) is 21.8 Å². The number of carboxylic acids is 1. The fourth-order valence-electron chi connectivity index (χ4n) is 2.20. The average Bonchev–Trinajstić information content (AvgIpc) is 2.45. The summed E-state index contributed by atoms with van der Waals surface area (Å²) >= 11 is 0. The van der Waals surface area contributed by atoms with Crippen LogP contribution in [-0.4, -0.2) is 26.8 Å². The monoisotopic (exact) mass is 266 g/mol. The third-order valence-electron chi connectivity index (χ3n) is 3.15. The molecule has 0 amide bonds. The molecule has 0 aliphatic carbocycles. The van der Waals surface area contributed by atoms with E-state index in [1.165, 1.54) is 13.0 Å². The van der Waals surface area contributed by atoms with Crippen LogP contribution in [0.1, 0.15) is 27.8 Å². The van der Waals surface area contributed by atoms with Crippen LogP contribution >= 0.6 is 0 Å². The van der Waals surface area contributed by atoms with Crippen LogP contribution in [0.4, 0.5) is 0 Å². The first-order valence-electron chi connectivity index (χ1n) is 6.00. The predicted molar refractivity (Wildman–Crippen MR) is 74.0 cm³/mol. The van der Waals surface area contributed by atoms with Crippen molar-refractivity contribution in [2.24, 2.45) is 0 Å². The summed E-state index contributed by atoms with van der Waals surface area (Å²) in [5, 5.41) is 10.5. The van der Waals surface area contributed by atoms with Gasteiger partial charge in [0.15, 0.2) is 5.78 Å². The minimum absolute atomic E-state index is 0.0750. The standard InChI is InChI=1S/C15H10N2O3/c1-8(18)13-7-11(15(19)20)9-4-5-12-10(14(9)17-13)3-2-6-16-12/h2-7H,1H3,(H,19,20). The molecule has 0 unspecified atom stereocenters. The van der Waals surface area contributed by atoms with Gasteiger partial charge in [-0.1, -0.05) is 0 Å².